The van der Waals surface area contributed by atoms with Crippen LogP contribution < -0.4 is 15.4 Å². The zero-order valence-corrected chi connectivity index (χ0v) is 19.9. The Balaban J connectivity index is 1.38. The minimum atomic E-state index is -0.217. The van der Waals surface area contributed by atoms with Crippen molar-refractivity contribution in [2.24, 2.45) is 0 Å². The van der Waals surface area contributed by atoms with Crippen LogP contribution in [0, 0.1) is 0 Å². The summed E-state index contributed by atoms with van der Waals surface area (Å²) in [7, 11) is 0. The van der Waals surface area contributed by atoms with Crippen LogP contribution in [0.5, 0.6) is 5.75 Å². The highest BCUT2D eigenvalue weighted by molar-refractivity contribution is 7.80. The molecular weight excluding hydrogens is 469 g/mol. The molecule has 2 N–H and O–H groups in total. The molecule has 0 saturated carbocycles. The zero-order chi connectivity index (χ0) is 22.9. The normalized spacial score (nSPS) is 13.4. The van der Waals surface area contributed by atoms with E-state index in [4.69, 9.17) is 40.2 Å². The molecule has 2 aromatic rings. The number of nitrogens with one attached hydrogen (secondary N) is 2. The van der Waals surface area contributed by atoms with Crippen molar-refractivity contribution in [3.63, 3.8) is 0 Å². The second-order valence-electron chi connectivity index (χ2n) is 7.46. The summed E-state index contributed by atoms with van der Waals surface area (Å²) in [4.78, 5) is 26.5. The van der Waals surface area contributed by atoms with Crippen LogP contribution in [0.4, 0.5) is 5.69 Å². The van der Waals surface area contributed by atoms with Crippen LogP contribution in [-0.2, 0) is 4.79 Å². The fourth-order valence-electron chi connectivity index (χ4n) is 3.33. The number of carbonyl (C=O) groups is 2. The first-order valence-corrected chi connectivity index (χ1v) is 11.7. The van der Waals surface area contributed by atoms with Crippen LogP contribution in [0.1, 0.15) is 42.5 Å². The summed E-state index contributed by atoms with van der Waals surface area (Å²) < 4.78 is 5.57. The van der Waals surface area contributed by atoms with Crippen molar-refractivity contribution in [3.05, 3.63) is 58.1 Å². The number of likely N-dealkylation sites (tertiary alicyclic amines) is 1. The average Bonchev–Trinajstić information content (AvgIpc) is 2.78. The topological polar surface area (TPSA) is 70.7 Å². The van der Waals surface area contributed by atoms with Gasteiger partial charge in [0.25, 0.3) is 5.91 Å². The van der Waals surface area contributed by atoms with Crippen molar-refractivity contribution in [2.45, 2.75) is 32.1 Å². The van der Waals surface area contributed by atoms with E-state index in [9.17, 15) is 9.59 Å². The van der Waals surface area contributed by atoms with E-state index in [-0.39, 0.29) is 23.3 Å². The molecule has 32 heavy (non-hydrogen) atoms. The summed E-state index contributed by atoms with van der Waals surface area (Å²) in [5, 5.41) is 6.76. The van der Waals surface area contributed by atoms with Gasteiger partial charge in [-0.05, 0) is 80.4 Å². The fraction of sp³-hybridized carbons (Fsp3) is 0.348. The van der Waals surface area contributed by atoms with Crippen molar-refractivity contribution in [3.8, 4) is 5.75 Å². The van der Waals surface area contributed by atoms with E-state index in [0.717, 1.165) is 25.9 Å². The van der Waals surface area contributed by atoms with Gasteiger partial charge in [0.2, 0.25) is 5.91 Å². The maximum atomic E-state index is 12.5. The van der Waals surface area contributed by atoms with Crippen LogP contribution in [0.3, 0.4) is 0 Å². The van der Waals surface area contributed by atoms with E-state index < -0.39 is 0 Å². The first-order valence-electron chi connectivity index (χ1n) is 10.5. The van der Waals surface area contributed by atoms with Crippen molar-refractivity contribution in [2.75, 3.05) is 25.0 Å². The first kappa shape index (κ1) is 24.3. The van der Waals surface area contributed by atoms with Crippen LogP contribution in [0.15, 0.2) is 42.5 Å². The summed E-state index contributed by atoms with van der Waals surface area (Å²) in [6.07, 6.45) is 4.04. The number of ether oxygens (including phenoxy) is 1. The summed E-state index contributed by atoms with van der Waals surface area (Å²) in [5.41, 5.74) is 1.35. The van der Waals surface area contributed by atoms with E-state index in [1.54, 1.807) is 42.5 Å². The molecule has 0 aliphatic carbocycles. The molecule has 0 spiro atoms. The molecule has 3 rings (SSSR count). The third kappa shape index (κ3) is 7.36. The number of hydrogen-bond acceptors (Lipinski definition) is 4. The van der Waals surface area contributed by atoms with E-state index in [1.807, 2.05) is 4.90 Å². The predicted molar refractivity (Wildman–Crippen MR) is 132 cm³/mol. The Morgan fingerprint density at radius 2 is 1.75 bits per heavy atom. The van der Waals surface area contributed by atoms with Crippen molar-refractivity contribution >= 4 is 58.0 Å². The van der Waals surface area contributed by atoms with Gasteiger partial charge in [-0.25, -0.2) is 0 Å². The number of amides is 2. The highest BCUT2D eigenvalue weighted by atomic mass is 35.5. The van der Waals surface area contributed by atoms with Crippen molar-refractivity contribution in [1.82, 2.24) is 10.2 Å². The van der Waals surface area contributed by atoms with Crippen molar-refractivity contribution in [1.29, 1.82) is 0 Å². The molecule has 0 unspecified atom stereocenters. The van der Waals surface area contributed by atoms with Gasteiger partial charge in [-0.15, -0.1) is 0 Å². The van der Waals surface area contributed by atoms with Gasteiger partial charge < -0.3 is 20.3 Å². The van der Waals surface area contributed by atoms with E-state index >= 15 is 0 Å². The van der Waals surface area contributed by atoms with Crippen LogP contribution in [-0.4, -0.2) is 41.5 Å². The summed E-state index contributed by atoms with van der Waals surface area (Å²) >= 11 is 17.1. The Kier molecular flexibility index (Phi) is 9.14. The molecule has 0 bridgehead atoms. The van der Waals surface area contributed by atoms with E-state index in [2.05, 4.69) is 10.6 Å². The largest absolute Gasteiger partial charge is 0.492 e. The molecule has 1 heterocycles. The van der Waals surface area contributed by atoms with Crippen molar-refractivity contribution < 1.29 is 14.3 Å². The summed E-state index contributed by atoms with van der Waals surface area (Å²) in [6, 6.07) is 12.1. The van der Waals surface area contributed by atoms with E-state index in [1.165, 1.54) is 6.42 Å². The standard InChI is InChI=1S/C23H25Cl2N3O3S/c24-17-8-11-20(19(25)15-17)31-14-4-5-21(29)27-23(32)26-18-9-6-16(7-10-18)22(30)28-12-2-1-3-13-28/h6-11,15H,1-5,12-14H2,(H2,26,27,29,32). The highest BCUT2D eigenvalue weighted by Crippen LogP contribution is 2.27. The zero-order valence-electron chi connectivity index (χ0n) is 17.5. The predicted octanol–water partition coefficient (Wildman–Crippen LogP) is 5.29. The third-order valence-corrected chi connectivity index (χ3v) is 5.72. The monoisotopic (exact) mass is 493 g/mol. The van der Waals surface area contributed by atoms with Gasteiger partial charge in [0.15, 0.2) is 5.11 Å². The molecule has 6 nitrogen and oxygen atoms in total. The quantitative estimate of drug-likeness (QED) is 0.404. The second-order valence-corrected chi connectivity index (χ2v) is 8.71. The Bertz CT molecular complexity index is 963. The lowest BCUT2D eigenvalue weighted by molar-refractivity contribution is -0.119. The minimum absolute atomic E-state index is 0.0502. The van der Waals surface area contributed by atoms with Gasteiger partial charge in [-0.2, -0.15) is 0 Å². The molecule has 0 atom stereocenters. The molecule has 0 radical (unpaired) electrons. The summed E-state index contributed by atoms with van der Waals surface area (Å²) in [5.74, 6) is 0.357. The van der Waals surface area contributed by atoms with Crippen LogP contribution in [0.2, 0.25) is 10.0 Å². The molecule has 170 valence electrons. The maximum absolute atomic E-state index is 12.5. The Hall–Kier alpha value is -2.35. The molecule has 1 aliphatic heterocycles. The lowest BCUT2D eigenvalue weighted by Crippen LogP contribution is -2.35. The Labute approximate surface area is 203 Å². The SMILES string of the molecule is O=C(CCCOc1ccc(Cl)cc1Cl)NC(=S)Nc1ccc(C(=O)N2CCCCC2)cc1. The molecule has 9 heteroatoms. The van der Waals surface area contributed by atoms with Gasteiger partial charge >= 0.3 is 0 Å². The maximum Gasteiger partial charge on any atom is 0.253 e. The first-order chi connectivity index (χ1) is 15.4. The molecule has 1 fully saturated rings. The number of piperidine rings is 1. The van der Waals surface area contributed by atoms with Gasteiger partial charge in [0, 0.05) is 35.8 Å². The number of thiocarbonyl (C=S) groups is 1. The molecule has 1 saturated heterocycles. The average molecular weight is 494 g/mol. The van der Waals surface area contributed by atoms with Crippen LogP contribution >= 0.6 is 35.4 Å². The fourth-order valence-corrected chi connectivity index (χ4v) is 4.03. The van der Waals surface area contributed by atoms with Gasteiger partial charge in [-0.1, -0.05) is 23.2 Å². The minimum Gasteiger partial charge on any atom is -0.492 e. The second kappa shape index (κ2) is 12.0. The smallest absolute Gasteiger partial charge is 0.253 e. The Morgan fingerprint density at radius 3 is 2.44 bits per heavy atom. The number of carbonyl (C=O) groups excluding carboxylic acids is 2. The van der Waals surface area contributed by atoms with E-state index in [0.29, 0.717) is 40.1 Å². The number of benzene rings is 2. The van der Waals surface area contributed by atoms with Gasteiger partial charge in [-0.3, -0.25) is 9.59 Å². The van der Waals surface area contributed by atoms with Gasteiger partial charge in [0.05, 0.1) is 11.6 Å². The molecule has 2 aromatic carbocycles. The molecule has 1 aliphatic rings. The number of nitrogens with zero attached hydrogens (tertiary/aromatic N) is 1. The number of rotatable bonds is 7. The highest BCUT2D eigenvalue weighted by Gasteiger charge is 2.18. The molecular formula is C23H25Cl2N3O3S. The van der Waals surface area contributed by atoms with Gasteiger partial charge in [0.1, 0.15) is 5.75 Å². The lowest BCUT2D eigenvalue weighted by atomic mass is 10.1. The number of anilines is 1. The molecule has 0 aromatic heterocycles. The summed E-state index contributed by atoms with van der Waals surface area (Å²) in [6.45, 7) is 1.96. The Morgan fingerprint density at radius 1 is 1.03 bits per heavy atom. The molecule has 2 amide bonds. The lowest BCUT2D eigenvalue weighted by Gasteiger charge is -2.26. The number of halogens is 2. The third-order valence-electron chi connectivity index (χ3n) is 4.99. The number of hydrogen-bond donors (Lipinski definition) is 2. The van der Waals surface area contributed by atoms with Crippen LogP contribution in [0.25, 0.3) is 0 Å².